The Hall–Kier alpha value is -1.30. The molecule has 0 radical (unpaired) electrons. The molecule has 1 aromatic rings. The summed E-state index contributed by atoms with van der Waals surface area (Å²) in [6, 6.07) is 0. The standard InChI is InChI=1S/C11H16ClN3O3/c1-11(2,3)18-10(16)15-5-7(6-15)9-14-13-8(4-12)17-9/h7H,4-6H2,1-3H3. The maximum absolute atomic E-state index is 11.7. The summed E-state index contributed by atoms with van der Waals surface area (Å²) < 4.78 is 10.6. The van der Waals surface area contributed by atoms with Gasteiger partial charge in [-0.15, -0.1) is 21.8 Å². The van der Waals surface area contributed by atoms with Crippen molar-refractivity contribution in [3.8, 4) is 0 Å². The fourth-order valence-electron chi connectivity index (χ4n) is 1.60. The predicted molar refractivity (Wildman–Crippen MR) is 64.4 cm³/mol. The van der Waals surface area contributed by atoms with Crippen LogP contribution in [0.1, 0.15) is 38.5 Å². The minimum atomic E-state index is -0.474. The summed E-state index contributed by atoms with van der Waals surface area (Å²) in [7, 11) is 0. The molecule has 2 rings (SSSR count). The molecule has 0 saturated carbocycles. The van der Waals surface area contributed by atoms with E-state index in [1.54, 1.807) is 4.90 Å². The van der Waals surface area contributed by atoms with E-state index >= 15 is 0 Å². The Bertz CT molecular complexity index is 435. The molecule has 0 atom stereocenters. The van der Waals surface area contributed by atoms with Crippen LogP contribution in [0.25, 0.3) is 0 Å². The van der Waals surface area contributed by atoms with Crippen LogP contribution in [0.3, 0.4) is 0 Å². The number of carbonyl (C=O) groups excluding carboxylic acids is 1. The minimum Gasteiger partial charge on any atom is -0.444 e. The van der Waals surface area contributed by atoms with Crippen molar-refractivity contribution in [2.24, 2.45) is 0 Å². The molecule has 2 heterocycles. The highest BCUT2D eigenvalue weighted by atomic mass is 35.5. The first-order valence-corrected chi connectivity index (χ1v) is 6.28. The number of hydrogen-bond donors (Lipinski definition) is 0. The molecule has 0 unspecified atom stereocenters. The van der Waals surface area contributed by atoms with Crippen molar-refractivity contribution in [3.63, 3.8) is 0 Å². The van der Waals surface area contributed by atoms with Gasteiger partial charge in [-0.25, -0.2) is 4.79 Å². The molecule has 18 heavy (non-hydrogen) atoms. The van der Waals surface area contributed by atoms with Crippen molar-refractivity contribution in [1.82, 2.24) is 15.1 Å². The normalized spacial score (nSPS) is 16.6. The third-order valence-electron chi connectivity index (χ3n) is 2.48. The number of nitrogens with zero attached hydrogens (tertiary/aromatic N) is 3. The molecule has 0 spiro atoms. The summed E-state index contributed by atoms with van der Waals surface area (Å²) in [5.41, 5.74) is -0.474. The van der Waals surface area contributed by atoms with E-state index in [1.165, 1.54) is 0 Å². The highest BCUT2D eigenvalue weighted by Gasteiger charge is 2.37. The zero-order chi connectivity index (χ0) is 13.3. The molecule has 1 aromatic heterocycles. The fraction of sp³-hybridized carbons (Fsp3) is 0.727. The molecular weight excluding hydrogens is 258 g/mol. The van der Waals surface area contributed by atoms with Crippen LogP contribution in [0, 0.1) is 0 Å². The SMILES string of the molecule is CC(C)(C)OC(=O)N1CC(c2nnc(CCl)o2)C1. The molecule has 0 aromatic carbocycles. The number of alkyl halides is 1. The van der Waals surface area contributed by atoms with Crippen LogP contribution in [0.5, 0.6) is 0 Å². The van der Waals surface area contributed by atoms with Gasteiger partial charge in [0, 0.05) is 13.1 Å². The highest BCUT2D eigenvalue weighted by molar-refractivity contribution is 6.16. The van der Waals surface area contributed by atoms with Gasteiger partial charge >= 0.3 is 6.09 Å². The van der Waals surface area contributed by atoms with Crippen molar-refractivity contribution >= 4 is 17.7 Å². The lowest BCUT2D eigenvalue weighted by Gasteiger charge is -2.37. The van der Waals surface area contributed by atoms with Gasteiger partial charge in [-0.05, 0) is 20.8 Å². The molecule has 7 heteroatoms. The van der Waals surface area contributed by atoms with Gasteiger partial charge in [0.1, 0.15) is 11.5 Å². The van der Waals surface area contributed by atoms with Crippen LogP contribution < -0.4 is 0 Å². The van der Waals surface area contributed by atoms with E-state index in [4.69, 9.17) is 20.8 Å². The zero-order valence-corrected chi connectivity index (χ0v) is 11.4. The predicted octanol–water partition coefficient (Wildman–Crippen LogP) is 2.14. The smallest absolute Gasteiger partial charge is 0.410 e. The average molecular weight is 274 g/mol. The Morgan fingerprint density at radius 1 is 1.50 bits per heavy atom. The Labute approximate surface area is 110 Å². The molecule has 1 amide bonds. The van der Waals surface area contributed by atoms with Gasteiger partial charge in [0.05, 0.1) is 5.92 Å². The van der Waals surface area contributed by atoms with E-state index in [0.717, 1.165) is 0 Å². The van der Waals surface area contributed by atoms with E-state index in [2.05, 4.69) is 10.2 Å². The topological polar surface area (TPSA) is 68.5 Å². The number of amides is 1. The monoisotopic (exact) mass is 273 g/mol. The van der Waals surface area contributed by atoms with Crippen molar-refractivity contribution < 1.29 is 13.9 Å². The van der Waals surface area contributed by atoms with Crippen molar-refractivity contribution in [2.45, 2.75) is 38.2 Å². The van der Waals surface area contributed by atoms with E-state index in [1.807, 2.05) is 20.8 Å². The number of carbonyl (C=O) groups is 1. The van der Waals surface area contributed by atoms with Crippen molar-refractivity contribution in [1.29, 1.82) is 0 Å². The molecule has 0 aliphatic carbocycles. The lowest BCUT2D eigenvalue weighted by Crippen LogP contribution is -2.50. The lowest BCUT2D eigenvalue weighted by atomic mass is 10.0. The minimum absolute atomic E-state index is 0.0852. The fourth-order valence-corrected chi connectivity index (χ4v) is 1.70. The number of hydrogen-bond acceptors (Lipinski definition) is 5. The quantitative estimate of drug-likeness (QED) is 0.772. The van der Waals surface area contributed by atoms with Gasteiger partial charge < -0.3 is 14.1 Å². The molecule has 100 valence electrons. The first kappa shape index (κ1) is 13.1. The zero-order valence-electron chi connectivity index (χ0n) is 10.6. The largest absolute Gasteiger partial charge is 0.444 e. The van der Waals surface area contributed by atoms with Crippen LogP contribution in [-0.2, 0) is 10.6 Å². The third-order valence-corrected chi connectivity index (χ3v) is 2.71. The first-order chi connectivity index (χ1) is 8.39. The van der Waals surface area contributed by atoms with Gasteiger partial charge in [0.25, 0.3) is 0 Å². The second-order valence-electron chi connectivity index (χ2n) is 5.25. The second kappa shape index (κ2) is 4.76. The molecule has 1 aliphatic heterocycles. The molecule has 6 nitrogen and oxygen atoms in total. The van der Waals surface area contributed by atoms with E-state index in [0.29, 0.717) is 24.9 Å². The number of ether oxygens (including phenoxy) is 1. The van der Waals surface area contributed by atoms with Gasteiger partial charge in [-0.2, -0.15) is 0 Å². The summed E-state index contributed by atoms with van der Waals surface area (Å²) >= 11 is 5.58. The summed E-state index contributed by atoms with van der Waals surface area (Å²) in [5, 5.41) is 7.68. The van der Waals surface area contributed by atoms with E-state index in [9.17, 15) is 4.79 Å². The molecule has 0 bridgehead atoms. The van der Waals surface area contributed by atoms with Crippen LogP contribution >= 0.6 is 11.6 Å². The van der Waals surface area contributed by atoms with Gasteiger partial charge in [0.2, 0.25) is 11.8 Å². The summed E-state index contributed by atoms with van der Waals surface area (Å²) in [5.74, 6) is 1.23. The Kier molecular flexibility index (Phi) is 3.47. The first-order valence-electron chi connectivity index (χ1n) is 5.75. The number of aromatic nitrogens is 2. The number of rotatable bonds is 2. The van der Waals surface area contributed by atoms with Gasteiger partial charge in [-0.3, -0.25) is 0 Å². The number of halogens is 1. The van der Waals surface area contributed by atoms with Gasteiger partial charge in [0.15, 0.2) is 0 Å². The summed E-state index contributed by atoms with van der Waals surface area (Å²) in [6.07, 6.45) is -0.309. The van der Waals surface area contributed by atoms with Crippen molar-refractivity contribution in [3.05, 3.63) is 11.8 Å². The van der Waals surface area contributed by atoms with Crippen LogP contribution in [0.15, 0.2) is 4.42 Å². The van der Waals surface area contributed by atoms with Crippen LogP contribution in [-0.4, -0.2) is 39.9 Å². The Morgan fingerprint density at radius 2 is 2.17 bits per heavy atom. The van der Waals surface area contributed by atoms with Gasteiger partial charge in [-0.1, -0.05) is 0 Å². The highest BCUT2D eigenvalue weighted by Crippen LogP contribution is 2.27. The van der Waals surface area contributed by atoms with E-state index < -0.39 is 5.60 Å². The number of likely N-dealkylation sites (tertiary alicyclic amines) is 1. The van der Waals surface area contributed by atoms with Crippen LogP contribution in [0.2, 0.25) is 0 Å². The molecule has 1 saturated heterocycles. The summed E-state index contributed by atoms with van der Waals surface area (Å²) in [4.78, 5) is 13.3. The maximum Gasteiger partial charge on any atom is 0.410 e. The molecule has 1 fully saturated rings. The summed E-state index contributed by atoms with van der Waals surface area (Å²) in [6.45, 7) is 6.60. The Morgan fingerprint density at radius 3 is 2.67 bits per heavy atom. The molecule has 1 aliphatic rings. The second-order valence-corrected chi connectivity index (χ2v) is 5.52. The maximum atomic E-state index is 11.7. The lowest BCUT2D eigenvalue weighted by molar-refractivity contribution is 0.00600. The van der Waals surface area contributed by atoms with Crippen LogP contribution in [0.4, 0.5) is 4.79 Å². The Balaban J connectivity index is 1.85. The van der Waals surface area contributed by atoms with E-state index in [-0.39, 0.29) is 17.9 Å². The van der Waals surface area contributed by atoms with Crippen molar-refractivity contribution in [2.75, 3.05) is 13.1 Å². The molecule has 0 N–H and O–H groups in total. The molecular formula is C11H16ClN3O3. The average Bonchev–Trinajstić information content (AvgIpc) is 2.60. The third kappa shape index (κ3) is 2.93.